The Kier molecular flexibility index (Phi) is 3.17. The van der Waals surface area contributed by atoms with E-state index in [-0.39, 0.29) is 25.7 Å². The summed E-state index contributed by atoms with van der Waals surface area (Å²) in [4.78, 5) is 10.0. The Bertz CT molecular complexity index is 510. The molecule has 5 nitrogen and oxygen atoms in total. The normalized spacial score (nSPS) is 21.0. The average Bonchev–Trinajstić information content (AvgIpc) is 2.33. The fourth-order valence-electron chi connectivity index (χ4n) is 2.33. The van der Waals surface area contributed by atoms with E-state index in [1.165, 1.54) is 18.2 Å². The predicted molar refractivity (Wildman–Crippen MR) is 64.0 cm³/mol. The van der Waals surface area contributed by atoms with Crippen LogP contribution in [-0.4, -0.2) is 16.0 Å². The Morgan fingerprint density at radius 3 is 2.37 bits per heavy atom. The Morgan fingerprint density at radius 2 is 1.84 bits per heavy atom. The molecule has 0 aliphatic heterocycles. The zero-order valence-electron chi connectivity index (χ0n) is 10.1. The third-order valence-electron chi connectivity index (χ3n) is 3.62. The Hall–Kier alpha value is -1.76. The van der Waals surface area contributed by atoms with Crippen molar-refractivity contribution in [2.45, 2.75) is 37.1 Å². The first-order valence-corrected chi connectivity index (χ1v) is 5.88. The molecule has 0 heterocycles. The van der Waals surface area contributed by atoms with Crippen LogP contribution in [0.1, 0.15) is 31.2 Å². The van der Waals surface area contributed by atoms with Gasteiger partial charge in [-0.15, -0.1) is 0 Å². The summed E-state index contributed by atoms with van der Waals surface area (Å²) >= 11 is 0. The molecule has 1 saturated carbocycles. The molecule has 0 radical (unpaired) electrons. The highest BCUT2D eigenvalue weighted by molar-refractivity contribution is 5.49. The molecule has 0 amide bonds. The van der Waals surface area contributed by atoms with Gasteiger partial charge in [-0.25, -0.2) is 8.78 Å². The van der Waals surface area contributed by atoms with Crippen LogP contribution in [0.5, 0.6) is 5.75 Å². The van der Waals surface area contributed by atoms with Crippen molar-refractivity contribution >= 4 is 5.69 Å². The van der Waals surface area contributed by atoms with Crippen LogP contribution in [0.3, 0.4) is 0 Å². The van der Waals surface area contributed by atoms with Gasteiger partial charge in [0.2, 0.25) is 5.92 Å². The number of hydrogen-bond donors (Lipinski definition) is 2. The summed E-state index contributed by atoms with van der Waals surface area (Å²) in [5.74, 6) is -3.18. The molecule has 0 saturated heterocycles. The number of nitro benzene ring substituents is 1. The van der Waals surface area contributed by atoms with E-state index in [1.54, 1.807) is 0 Å². The summed E-state index contributed by atoms with van der Waals surface area (Å²) in [5.41, 5.74) is 5.03. The fraction of sp³-hybridized carbons (Fsp3) is 0.500. The third-order valence-corrected chi connectivity index (χ3v) is 3.62. The van der Waals surface area contributed by atoms with Gasteiger partial charge in [0.05, 0.1) is 4.92 Å². The quantitative estimate of drug-likeness (QED) is 0.639. The second-order valence-electron chi connectivity index (χ2n) is 4.97. The van der Waals surface area contributed by atoms with Crippen LogP contribution in [0, 0.1) is 10.1 Å². The van der Waals surface area contributed by atoms with Crippen LogP contribution in [0.2, 0.25) is 0 Å². The fourth-order valence-corrected chi connectivity index (χ4v) is 2.33. The van der Waals surface area contributed by atoms with Crippen molar-refractivity contribution < 1.29 is 18.8 Å². The van der Waals surface area contributed by atoms with E-state index in [4.69, 9.17) is 5.73 Å². The molecule has 1 aromatic carbocycles. The van der Waals surface area contributed by atoms with Crippen LogP contribution < -0.4 is 5.73 Å². The maximum Gasteiger partial charge on any atom is 0.311 e. The Morgan fingerprint density at radius 1 is 1.26 bits per heavy atom. The van der Waals surface area contributed by atoms with Gasteiger partial charge in [-0.1, -0.05) is 6.07 Å². The smallest absolute Gasteiger partial charge is 0.311 e. The minimum absolute atomic E-state index is 0.0575. The van der Waals surface area contributed by atoms with Crippen molar-refractivity contribution in [3.63, 3.8) is 0 Å². The molecule has 19 heavy (non-hydrogen) atoms. The topological polar surface area (TPSA) is 89.4 Å². The van der Waals surface area contributed by atoms with Crippen molar-refractivity contribution in [1.82, 2.24) is 0 Å². The highest BCUT2D eigenvalue weighted by Gasteiger charge is 2.42. The maximum absolute atomic E-state index is 13.1. The summed E-state index contributed by atoms with van der Waals surface area (Å²) in [6, 6.07) is 3.79. The van der Waals surface area contributed by atoms with Gasteiger partial charge in [0.25, 0.3) is 0 Å². The van der Waals surface area contributed by atoms with Crippen molar-refractivity contribution in [2.75, 3.05) is 0 Å². The summed E-state index contributed by atoms with van der Waals surface area (Å²) < 4.78 is 26.3. The number of halogens is 2. The van der Waals surface area contributed by atoms with Crippen LogP contribution in [0.15, 0.2) is 18.2 Å². The zero-order chi connectivity index (χ0) is 14.3. The first-order chi connectivity index (χ1) is 8.73. The third kappa shape index (κ3) is 2.65. The average molecular weight is 272 g/mol. The summed E-state index contributed by atoms with van der Waals surface area (Å²) in [6.45, 7) is 0. The molecule has 2 rings (SSSR count). The number of nitro groups is 1. The Balaban J connectivity index is 2.32. The summed E-state index contributed by atoms with van der Waals surface area (Å²) in [7, 11) is 0. The first-order valence-electron chi connectivity index (χ1n) is 5.88. The minimum Gasteiger partial charge on any atom is -0.502 e. The van der Waals surface area contributed by atoms with Gasteiger partial charge < -0.3 is 10.8 Å². The summed E-state index contributed by atoms with van der Waals surface area (Å²) in [5, 5.41) is 20.1. The number of aromatic hydroxyl groups is 1. The lowest BCUT2D eigenvalue weighted by Gasteiger charge is -2.37. The monoisotopic (exact) mass is 272 g/mol. The van der Waals surface area contributed by atoms with E-state index < -0.39 is 27.8 Å². The van der Waals surface area contributed by atoms with Crippen LogP contribution >= 0.6 is 0 Å². The number of hydrogen-bond acceptors (Lipinski definition) is 4. The molecule has 1 aromatic rings. The number of rotatable bonds is 2. The van der Waals surface area contributed by atoms with Crippen LogP contribution in [0.25, 0.3) is 0 Å². The molecular formula is C12H14F2N2O3. The van der Waals surface area contributed by atoms with Gasteiger partial charge in [0, 0.05) is 24.4 Å². The molecule has 7 heteroatoms. The molecule has 1 aliphatic rings. The molecule has 0 unspecified atom stereocenters. The van der Waals surface area contributed by atoms with E-state index in [0.717, 1.165) is 0 Å². The lowest BCUT2D eigenvalue weighted by Crippen LogP contribution is -2.43. The number of alkyl halides is 2. The molecular weight excluding hydrogens is 258 g/mol. The van der Waals surface area contributed by atoms with E-state index in [1.807, 2.05) is 0 Å². The lowest BCUT2D eigenvalue weighted by atomic mass is 9.76. The minimum atomic E-state index is -2.72. The second-order valence-corrected chi connectivity index (χ2v) is 4.97. The molecule has 0 bridgehead atoms. The summed E-state index contributed by atoms with van der Waals surface area (Å²) in [6.07, 6.45) is -0.555. The first kappa shape index (κ1) is 13.7. The Labute approximate surface area is 108 Å². The number of benzene rings is 1. The molecule has 3 N–H and O–H groups in total. The number of phenolic OH excluding ortho intramolecular Hbond substituents is 1. The predicted octanol–water partition coefficient (Wildman–Crippen LogP) is 2.66. The van der Waals surface area contributed by atoms with E-state index in [9.17, 15) is 24.0 Å². The van der Waals surface area contributed by atoms with Gasteiger partial charge in [0.15, 0.2) is 5.75 Å². The second kappa shape index (κ2) is 4.41. The highest BCUT2D eigenvalue weighted by atomic mass is 19.3. The molecule has 0 spiro atoms. The molecule has 0 aromatic heterocycles. The van der Waals surface area contributed by atoms with Crippen molar-refractivity contribution in [2.24, 2.45) is 5.73 Å². The van der Waals surface area contributed by atoms with Crippen molar-refractivity contribution in [3.8, 4) is 5.75 Å². The van der Waals surface area contributed by atoms with E-state index in [0.29, 0.717) is 5.56 Å². The molecule has 1 aliphatic carbocycles. The van der Waals surface area contributed by atoms with Crippen molar-refractivity contribution in [1.29, 1.82) is 0 Å². The highest BCUT2D eigenvalue weighted by Crippen LogP contribution is 2.43. The number of nitrogens with two attached hydrogens (primary N) is 1. The number of nitrogens with zero attached hydrogens (tertiary/aromatic N) is 1. The number of phenols is 1. The van der Waals surface area contributed by atoms with Gasteiger partial charge >= 0.3 is 5.69 Å². The standard InChI is InChI=1S/C12H14F2N2O3/c13-12(14)5-3-11(15,4-6-12)8-1-2-10(17)9(7-8)16(18)19/h1-2,7,17H,3-6,15H2. The van der Waals surface area contributed by atoms with Gasteiger partial charge in [0.1, 0.15) is 0 Å². The lowest BCUT2D eigenvalue weighted by molar-refractivity contribution is -0.386. The molecule has 1 fully saturated rings. The van der Waals surface area contributed by atoms with E-state index >= 15 is 0 Å². The largest absolute Gasteiger partial charge is 0.502 e. The zero-order valence-corrected chi connectivity index (χ0v) is 10.1. The van der Waals surface area contributed by atoms with Crippen LogP contribution in [0.4, 0.5) is 14.5 Å². The van der Waals surface area contributed by atoms with Gasteiger partial charge in [-0.3, -0.25) is 10.1 Å². The van der Waals surface area contributed by atoms with Gasteiger partial charge in [-0.2, -0.15) is 0 Å². The maximum atomic E-state index is 13.1. The molecule has 0 atom stereocenters. The van der Waals surface area contributed by atoms with Crippen LogP contribution in [-0.2, 0) is 5.54 Å². The SMILES string of the molecule is NC1(c2ccc(O)c([N+](=O)[O-])c2)CCC(F)(F)CC1. The van der Waals surface area contributed by atoms with E-state index in [2.05, 4.69) is 0 Å². The molecule has 104 valence electrons. The van der Waals surface area contributed by atoms with Gasteiger partial charge in [-0.05, 0) is 24.5 Å². The van der Waals surface area contributed by atoms with Crippen molar-refractivity contribution in [3.05, 3.63) is 33.9 Å².